The number of hydrogen-bond acceptors (Lipinski definition) is 5. The maximum Gasteiger partial charge on any atom is 0.227 e. The van der Waals surface area contributed by atoms with Crippen molar-refractivity contribution in [1.29, 1.82) is 5.26 Å². The first-order valence-electron chi connectivity index (χ1n) is 9.64. The Morgan fingerprint density at radius 3 is 2.90 bits per heavy atom. The van der Waals surface area contributed by atoms with Gasteiger partial charge in [0.2, 0.25) is 5.95 Å². The number of hydrogen-bond donors (Lipinski definition) is 3. The maximum absolute atomic E-state index is 9.65. The van der Waals surface area contributed by atoms with Gasteiger partial charge in [0.15, 0.2) is 0 Å². The van der Waals surface area contributed by atoms with E-state index in [-0.39, 0.29) is 5.41 Å². The number of halogens is 1. The zero-order chi connectivity index (χ0) is 20.9. The Labute approximate surface area is 178 Å². The summed E-state index contributed by atoms with van der Waals surface area (Å²) >= 11 is 6.25. The van der Waals surface area contributed by atoms with Gasteiger partial charge in [-0.05, 0) is 42.0 Å². The number of aromatic amines is 1. The van der Waals surface area contributed by atoms with Crippen molar-refractivity contribution in [3.8, 4) is 17.3 Å². The van der Waals surface area contributed by atoms with Crippen LogP contribution in [-0.2, 0) is 5.41 Å². The predicted octanol–water partition coefficient (Wildman–Crippen LogP) is 5.60. The fraction of sp³-hybridized carbons (Fsp3) is 0.174. The molecule has 30 heavy (non-hydrogen) atoms. The molecule has 0 saturated heterocycles. The molecule has 1 aliphatic heterocycles. The highest BCUT2D eigenvalue weighted by Crippen LogP contribution is 2.41. The summed E-state index contributed by atoms with van der Waals surface area (Å²) in [6.07, 6.45) is 3.58. The molecule has 2 aromatic heterocycles. The lowest BCUT2D eigenvalue weighted by Gasteiger charge is -2.18. The first-order valence-corrected chi connectivity index (χ1v) is 10.0. The summed E-state index contributed by atoms with van der Waals surface area (Å²) in [6, 6.07) is 13.9. The molecule has 0 amide bonds. The van der Waals surface area contributed by atoms with Crippen molar-refractivity contribution in [3.63, 3.8) is 0 Å². The zero-order valence-corrected chi connectivity index (χ0v) is 17.3. The Balaban J connectivity index is 1.56. The van der Waals surface area contributed by atoms with Gasteiger partial charge in [-0.1, -0.05) is 25.4 Å². The summed E-state index contributed by atoms with van der Waals surface area (Å²) in [5.41, 5.74) is 6.05. The minimum atomic E-state index is -0.0499. The van der Waals surface area contributed by atoms with E-state index < -0.39 is 0 Å². The molecule has 0 atom stereocenters. The van der Waals surface area contributed by atoms with Gasteiger partial charge in [-0.3, -0.25) is 0 Å². The van der Waals surface area contributed by atoms with Crippen molar-refractivity contribution < 1.29 is 0 Å². The Hall–Kier alpha value is -3.56. The third-order valence-corrected chi connectivity index (χ3v) is 5.74. The van der Waals surface area contributed by atoms with Crippen LogP contribution in [0.5, 0.6) is 0 Å². The third kappa shape index (κ3) is 3.04. The summed E-state index contributed by atoms with van der Waals surface area (Å²) in [7, 11) is 0. The second kappa shape index (κ2) is 6.75. The summed E-state index contributed by atoms with van der Waals surface area (Å²) in [4.78, 5) is 12.2. The van der Waals surface area contributed by atoms with Crippen molar-refractivity contribution >= 4 is 39.8 Å². The molecular weight excluding hydrogens is 396 g/mol. The third-order valence-electron chi connectivity index (χ3n) is 5.53. The van der Waals surface area contributed by atoms with Gasteiger partial charge >= 0.3 is 0 Å². The van der Waals surface area contributed by atoms with E-state index in [0.29, 0.717) is 16.5 Å². The second-order valence-corrected chi connectivity index (χ2v) is 8.51. The van der Waals surface area contributed by atoms with E-state index in [0.717, 1.165) is 45.6 Å². The summed E-state index contributed by atoms with van der Waals surface area (Å²) in [5, 5.41) is 17.9. The Morgan fingerprint density at radius 1 is 1.20 bits per heavy atom. The van der Waals surface area contributed by atoms with Gasteiger partial charge in [-0.25, -0.2) is 9.97 Å². The van der Waals surface area contributed by atoms with E-state index in [1.807, 2.05) is 36.5 Å². The number of anilines is 3. The molecule has 2 aromatic carbocycles. The van der Waals surface area contributed by atoms with E-state index in [1.165, 1.54) is 0 Å². The standard InChI is InChI=1S/C23H19ClN6/c1-23(2)12-28-21-14(11-25)7-13(8-17(21)23)18-4-6-27-22(29-18)30-20-10-15(24)9-19-16(20)3-5-26-19/h3-10,26,28H,12H2,1-2H3,(H,27,29,30). The highest BCUT2D eigenvalue weighted by molar-refractivity contribution is 6.31. The quantitative estimate of drug-likeness (QED) is 0.406. The second-order valence-electron chi connectivity index (χ2n) is 8.08. The van der Waals surface area contributed by atoms with Crippen molar-refractivity contribution in [1.82, 2.24) is 15.0 Å². The van der Waals surface area contributed by atoms with Crippen LogP contribution in [0.25, 0.3) is 22.2 Å². The largest absolute Gasteiger partial charge is 0.383 e. The lowest BCUT2D eigenvalue weighted by Crippen LogP contribution is -2.18. The number of fused-ring (bicyclic) bond motifs is 2. The van der Waals surface area contributed by atoms with Crippen LogP contribution >= 0.6 is 11.6 Å². The van der Waals surface area contributed by atoms with E-state index in [1.54, 1.807) is 6.20 Å². The molecule has 3 heterocycles. The van der Waals surface area contributed by atoms with Crippen LogP contribution in [0.4, 0.5) is 17.3 Å². The molecule has 0 bridgehead atoms. The van der Waals surface area contributed by atoms with E-state index in [9.17, 15) is 5.26 Å². The topological polar surface area (TPSA) is 89.4 Å². The molecule has 0 radical (unpaired) electrons. The molecule has 0 saturated carbocycles. The molecule has 1 aliphatic rings. The van der Waals surface area contributed by atoms with E-state index in [2.05, 4.69) is 46.6 Å². The van der Waals surface area contributed by atoms with Crippen LogP contribution in [0.2, 0.25) is 5.02 Å². The molecule has 0 fully saturated rings. The van der Waals surface area contributed by atoms with Crippen molar-refractivity contribution in [2.75, 3.05) is 17.2 Å². The number of rotatable bonds is 3. The van der Waals surface area contributed by atoms with Gasteiger partial charge in [-0.15, -0.1) is 0 Å². The summed E-state index contributed by atoms with van der Waals surface area (Å²) in [5.74, 6) is 0.466. The zero-order valence-electron chi connectivity index (χ0n) is 16.5. The molecule has 0 unspecified atom stereocenters. The van der Waals surface area contributed by atoms with Crippen LogP contribution in [0.15, 0.2) is 48.8 Å². The van der Waals surface area contributed by atoms with Gasteiger partial charge in [0.05, 0.1) is 22.6 Å². The van der Waals surface area contributed by atoms with Crippen LogP contribution in [0.1, 0.15) is 25.0 Å². The van der Waals surface area contributed by atoms with Crippen molar-refractivity contribution in [3.05, 3.63) is 64.9 Å². The van der Waals surface area contributed by atoms with Gasteiger partial charge in [-0.2, -0.15) is 5.26 Å². The van der Waals surface area contributed by atoms with Crippen molar-refractivity contribution in [2.24, 2.45) is 0 Å². The normalized spacial score (nSPS) is 14.2. The molecule has 148 valence electrons. The van der Waals surface area contributed by atoms with Crippen LogP contribution in [0, 0.1) is 11.3 Å². The number of H-pyrrole nitrogens is 1. The van der Waals surface area contributed by atoms with Crippen LogP contribution in [0.3, 0.4) is 0 Å². The number of benzene rings is 2. The summed E-state index contributed by atoms with van der Waals surface area (Å²) in [6.45, 7) is 5.15. The average molecular weight is 415 g/mol. The number of nitrogens with zero attached hydrogens (tertiary/aromatic N) is 3. The summed E-state index contributed by atoms with van der Waals surface area (Å²) < 4.78 is 0. The first-order chi connectivity index (χ1) is 14.4. The predicted molar refractivity (Wildman–Crippen MR) is 120 cm³/mol. The van der Waals surface area contributed by atoms with Gasteiger partial charge in [0.1, 0.15) is 6.07 Å². The Bertz CT molecular complexity index is 1330. The Kier molecular flexibility index (Phi) is 4.16. The molecule has 7 heteroatoms. The van der Waals surface area contributed by atoms with Gasteiger partial charge < -0.3 is 15.6 Å². The molecular formula is C23H19ClN6. The Morgan fingerprint density at radius 2 is 2.07 bits per heavy atom. The lowest BCUT2D eigenvalue weighted by atomic mass is 9.85. The van der Waals surface area contributed by atoms with E-state index >= 15 is 0 Å². The molecule has 6 nitrogen and oxygen atoms in total. The molecule has 5 rings (SSSR count). The smallest absolute Gasteiger partial charge is 0.227 e. The number of aromatic nitrogens is 3. The number of nitriles is 1. The first kappa shape index (κ1) is 18.5. The fourth-order valence-electron chi connectivity index (χ4n) is 3.94. The fourth-order valence-corrected chi connectivity index (χ4v) is 4.16. The molecule has 0 aliphatic carbocycles. The van der Waals surface area contributed by atoms with Crippen LogP contribution < -0.4 is 10.6 Å². The van der Waals surface area contributed by atoms with Gasteiger partial charge in [0, 0.05) is 45.8 Å². The highest BCUT2D eigenvalue weighted by atomic mass is 35.5. The van der Waals surface area contributed by atoms with E-state index in [4.69, 9.17) is 16.6 Å². The monoisotopic (exact) mass is 414 g/mol. The van der Waals surface area contributed by atoms with Crippen molar-refractivity contribution in [2.45, 2.75) is 19.3 Å². The minimum absolute atomic E-state index is 0.0499. The maximum atomic E-state index is 9.65. The SMILES string of the molecule is CC1(C)CNc2c(C#N)cc(-c3ccnc(Nc4cc(Cl)cc5[nH]ccc45)n3)cc21. The van der Waals surface area contributed by atoms with Gasteiger partial charge in [0.25, 0.3) is 0 Å². The molecule has 0 spiro atoms. The minimum Gasteiger partial charge on any atom is -0.383 e. The lowest BCUT2D eigenvalue weighted by molar-refractivity contribution is 0.586. The molecule has 3 N–H and O–H groups in total. The number of nitrogens with one attached hydrogen (secondary N) is 3. The average Bonchev–Trinajstić information content (AvgIpc) is 3.32. The highest BCUT2D eigenvalue weighted by Gasteiger charge is 2.32. The molecule has 4 aromatic rings. The van der Waals surface area contributed by atoms with Crippen LogP contribution in [-0.4, -0.2) is 21.5 Å².